The van der Waals surface area contributed by atoms with Gasteiger partial charge >= 0.3 is 5.97 Å². The van der Waals surface area contributed by atoms with Gasteiger partial charge in [-0.25, -0.2) is 13.9 Å². The Bertz CT molecular complexity index is 716. The van der Waals surface area contributed by atoms with Gasteiger partial charge in [0.25, 0.3) is 5.91 Å². The third-order valence-corrected chi connectivity index (χ3v) is 5.44. The number of carbonyl (C=O) groups excluding carboxylic acids is 1. The molecular formula is C15H22N2O7S. The summed E-state index contributed by atoms with van der Waals surface area (Å²) in [5.41, 5.74) is -0.403. The number of amides is 1. The highest BCUT2D eigenvalue weighted by Gasteiger charge is 2.45. The number of ether oxygens (including phenoxy) is 1. The molecule has 0 heterocycles. The summed E-state index contributed by atoms with van der Waals surface area (Å²) in [6, 6.07) is 5.46. The summed E-state index contributed by atoms with van der Waals surface area (Å²) < 4.78 is 32.5. The van der Waals surface area contributed by atoms with Crippen molar-refractivity contribution >= 4 is 21.9 Å². The van der Waals surface area contributed by atoms with E-state index in [1.165, 1.54) is 36.9 Å². The maximum absolute atomic E-state index is 12.7. The van der Waals surface area contributed by atoms with Crippen LogP contribution in [0.4, 0.5) is 0 Å². The van der Waals surface area contributed by atoms with Crippen LogP contribution in [0, 0.1) is 5.92 Å². The second-order valence-corrected chi connectivity index (χ2v) is 7.42. The Kier molecular flexibility index (Phi) is 6.91. The summed E-state index contributed by atoms with van der Waals surface area (Å²) >= 11 is 0. The van der Waals surface area contributed by atoms with E-state index in [9.17, 15) is 18.0 Å². The van der Waals surface area contributed by atoms with Crippen LogP contribution in [0.2, 0.25) is 0 Å². The molecule has 4 N–H and O–H groups in total. The van der Waals surface area contributed by atoms with Crippen LogP contribution in [-0.4, -0.2) is 43.3 Å². The molecule has 10 heteroatoms. The first-order chi connectivity index (χ1) is 11.6. The molecule has 0 aliphatic heterocycles. The zero-order valence-corrected chi connectivity index (χ0v) is 15.0. The van der Waals surface area contributed by atoms with E-state index in [1.54, 1.807) is 13.8 Å². The molecule has 1 aromatic carbocycles. The van der Waals surface area contributed by atoms with Crippen LogP contribution >= 0.6 is 0 Å². The lowest BCUT2D eigenvalue weighted by atomic mass is 9.82. The third kappa shape index (κ3) is 4.91. The molecule has 25 heavy (non-hydrogen) atoms. The molecule has 0 spiro atoms. The Balaban J connectivity index is 3.29. The molecule has 0 aromatic heterocycles. The average Bonchev–Trinajstić information content (AvgIpc) is 2.57. The minimum atomic E-state index is -4.16. The molecule has 0 saturated heterocycles. The standard InChI is InChI=1S/C15H22N2O7S/c1-10(2)15(14(20)16-21,9-8-13(18)19)17-25(22,23)12-6-4-11(24-3)5-7-12/h4-7,10,17,21H,8-9H2,1-3H3,(H,16,20)(H,18,19). The maximum atomic E-state index is 12.7. The van der Waals surface area contributed by atoms with Crippen molar-refractivity contribution in [2.24, 2.45) is 5.92 Å². The number of rotatable bonds is 9. The lowest BCUT2D eigenvalue weighted by Crippen LogP contribution is -2.61. The second-order valence-electron chi connectivity index (χ2n) is 5.74. The monoisotopic (exact) mass is 374 g/mol. The lowest BCUT2D eigenvalue weighted by molar-refractivity contribution is -0.140. The summed E-state index contributed by atoms with van der Waals surface area (Å²) in [7, 11) is -2.73. The highest BCUT2D eigenvalue weighted by molar-refractivity contribution is 7.89. The van der Waals surface area contributed by atoms with E-state index >= 15 is 0 Å². The Labute approximate surface area is 146 Å². The summed E-state index contributed by atoms with van der Waals surface area (Å²) in [6.07, 6.45) is -0.793. The molecule has 1 aromatic rings. The van der Waals surface area contributed by atoms with Crippen molar-refractivity contribution in [3.63, 3.8) is 0 Å². The zero-order chi connectivity index (χ0) is 19.3. The van der Waals surface area contributed by atoms with Gasteiger partial charge in [0, 0.05) is 6.42 Å². The highest BCUT2D eigenvalue weighted by Crippen LogP contribution is 2.27. The Hall–Kier alpha value is -2.17. The molecule has 0 saturated carbocycles. The Morgan fingerprint density at radius 2 is 1.80 bits per heavy atom. The van der Waals surface area contributed by atoms with Gasteiger partial charge < -0.3 is 9.84 Å². The van der Waals surface area contributed by atoms with E-state index in [0.717, 1.165) is 0 Å². The molecule has 1 amide bonds. The molecule has 0 fully saturated rings. The number of carbonyl (C=O) groups is 2. The van der Waals surface area contributed by atoms with Gasteiger partial charge in [-0.15, -0.1) is 0 Å². The van der Waals surface area contributed by atoms with Crippen molar-refractivity contribution in [3.05, 3.63) is 24.3 Å². The zero-order valence-electron chi connectivity index (χ0n) is 14.1. The molecule has 0 radical (unpaired) electrons. The number of carboxylic acid groups (broad SMARTS) is 1. The van der Waals surface area contributed by atoms with E-state index in [0.29, 0.717) is 5.75 Å². The number of nitrogens with one attached hydrogen (secondary N) is 2. The lowest BCUT2D eigenvalue weighted by Gasteiger charge is -2.35. The molecule has 1 rings (SSSR count). The molecule has 1 atom stereocenters. The van der Waals surface area contributed by atoms with Crippen molar-refractivity contribution in [1.29, 1.82) is 0 Å². The first-order valence-electron chi connectivity index (χ1n) is 7.43. The summed E-state index contributed by atoms with van der Waals surface area (Å²) in [4.78, 5) is 23.0. The van der Waals surface area contributed by atoms with Crippen molar-refractivity contribution in [1.82, 2.24) is 10.2 Å². The molecular weight excluding hydrogens is 352 g/mol. The minimum Gasteiger partial charge on any atom is -0.497 e. The van der Waals surface area contributed by atoms with Crippen LogP contribution < -0.4 is 14.9 Å². The van der Waals surface area contributed by atoms with Gasteiger partial charge in [0.05, 0.1) is 12.0 Å². The molecule has 0 bridgehead atoms. The van der Waals surface area contributed by atoms with Crippen molar-refractivity contribution in [3.8, 4) is 5.75 Å². The van der Waals surface area contributed by atoms with Crippen molar-refractivity contribution < 1.29 is 33.1 Å². The first-order valence-corrected chi connectivity index (χ1v) is 8.91. The molecule has 140 valence electrons. The fraction of sp³-hybridized carbons (Fsp3) is 0.467. The van der Waals surface area contributed by atoms with Gasteiger partial charge in [-0.2, -0.15) is 4.72 Å². The SMILES string of the molecule is COc1ccc(S(=O)(=O)NC(CCC(=O)O)(C(=O)NO)C(C)C)cc1. The molecule has 0 aliphatic carbocycles. The van der Waals surface area contributed by atoms with E-state index in [1.807, 2.05) is 0 Å². The Morgan fingerprint density at radius 1 is 1.24 bits per heavy atom. The normalized spacial score (nSPS) is 14.0. The van der Waals surface area contributed by atoms with E-state index < -0.39 is 39.8 Å². The van der Waals surface area contributed by atoms with Crippen LogP contribution in [0.15, 0.2) is 29.2 Å². The van der Waals surface area contributed by atoms with Crippen LogP contribution in [0.3, 0.4) is 0 Å². The van der Waals surface area contributed by atoms with E-state index in [-0.39, 0.29) is 11.3 Å². The highest BCUT2D eigenvalue weighted by atomic mass is 32.2. The molecule has 0 aliphatic rings. The number of hydrogen-bond donors (Lipinski definition) is 4. The van der Waals surface area contributed by atoms with Gasteiger partial charge in [-0.3, -0.25) is 14.8 Å². The number of hydroxylamine groups is 1. The Morgan fingerprint density at radius 3 is 2.20 bits per heavy atom. The van der Waals surface area contributed by atoms with Gasteiger partial charge in [-0.05, 0) is 36.6 Å². The summed E-state index contributed by atoms with van der Waals surface area (Å²) in [5.74, 6) is -2.40. The number of hydrogen-bond acceptors (Lipinski definition) is 6. The maximum Gasteiger partial charge on any atom is 0.303 e. The number of aliphatic carboxylic acids is 1. The van der Waals surface area contributed by atoms with Gasteiger partial charge in [0.1, 0.15) is 11.3 Å². The number of methoxy groups -OCH3 is 1. The number of benzene rings is 1. The predicted molar refractivity (Wildman–Crippen MR) is 87.7 cm³/mol. The van der Waals surface area contributed by atoms with Crippen molar-refractivity contribution in [2.45, 2.75) is 37.1 Å². The van der Waals surface area contributed by atoms with Gasteiger partial charge in [-0.1, -0.05) is 13.8 Å². The van der Waals surface area contributed by atoms with Crippen LogP contribution in [0.1, 0.15) is 26.7 Å². The second kappa shape index (κ2) is 8.28. The fourth-order valence-corrected chi connectivity index (χ4v) is 3.86. The largest absolute Gasteiger partial charge is 0.497 e. The van der Waals surface area contributed by atoms with Gasteiger partial charge in [0.2, 0.25) is 10.0 Å². The van der Waals surface area contributed by atoms with E-state index in [4.69, 9.17) is 15.1 Å². The minimum absolute atomic E-state index is 0.126. The molecule has 9 nitrogen and oxygen atoms in total. The number of sulfonamides is 1. The first kappa shape index (κ1) is 20.9. The quantitative estimate of drug-likeness (QED) is 0.369. The average molecular weight is 374 g/mol. The predicted octanol–water partition coefficient (Wildman–Crippen LogP) is 0.739. The molecule has 1 unspecified atom stereocenters. The van der Waals surface area contributed by atoms with Crippen LogP contribution in [0.25, 0.3) is 0 Å². The van der Waals surface area contributed by atoms with Crippen molar-refractivity contribution in [2.75, 3.05) is 7.11 Å². The van der Waals surface area contributed by atoms with Crippen LogP contribution in [0.5, 0.6) is 5.75 Å². The van der Waals surface area contributed by atoms with Gasteiger partial charge in [0.15, 0.2) is 0 Å². The fourth-order valence-electron chi connectivity index (χ4n) is 2.34. The summed E-state index contributed by atoms with van der Waals surface area (Å²) in [5, 5.41) is 17.9. The smallest absolute Gasteiger partial charge is 0.303 e. The number of carboxylic acids is 1. The third-order valence-electron chi connectivity index (χ3n) is 3.91. The van der Waals surface area contributed by atoms with Crippen LogP contribution in [-0.2, 0) is 19.6 Å². The topological polar surface area (TPSA) is 142 Å². The summed E-state index contributed by atoms with van der Waals surface area (Å²) in [6.45, 7) is 3.10. The van der Waals surface area contributed by atoms with E-state index in [2.05, 4.69) is 4.72 Å².